The Kier molecular flexibility index (Phi) is 5.83. The lowest BCUT2D eigenvalue weighted by Crippen LogP contribution is -2.34. The fourth-order valence-corrected chi connectivity index (χ4v) is 3.15. The average molecular weight is 320 g/mol. The Morgan fingerprint density at radius 1 is 1.19 bits per heavy atom. The lowest BCUT2D eigenvalue weighted by Gasteiger charge is -2.22. The summed E-state index contributed by atoms with van der Waals surface area (Å²) in [6, 6.07) is 1.99. The molecule has 0 fully saturated rings. The molecule has 0 spiro atoms. The second-order valence-electron chi connectivity index (χ2n) is 5.54. The summed E-state index contributed by atoms with van der Waals surface area (Å²) in [6.07, 6.45) is 0. The minimum atomic E-state index is -4.06. The van der Waals surface area contributed by atoms with E-state index >= 15 is 0 Å². The van der Waals surface area contributed by atoms with Gasteiger partial charge in [0.2, 0.25) is 10.0 Å². The van der Waals surface area contributed by atoms with Gasteiger partial charge in [-0.3, -0.25) is 0 Å². The average Bonchev–Trinajstić information content (AvgIpc) is 2.38. The van der Waals surface area contributed by atoms with Crippen molar-refractivity contribution >= 4 is 10.0 Å². The molecule has 1 aromatic carbocycles. The Balaban J connectivity index is 3.29. The smallest absolute Gasteiger partial charge is 0.246 e. The molecule has 0 radical (unpaired) electrons. The van der Waals surface area contributed by atoms with E-state index in [9.17, 15) is 17.2 Å². The highest BCUT2D eigenvalue weighted by Gasteiger charge is 2.28. The number of hydrogen-bond donors (Lipinski definition) is 1. The van der Waals surface area contributed by atoms with Crippen LogP contribution in [0.3, 0.4) is 0 Å². The van der Waals surface area contributed by atoms with Gasteiger partial charge in [-0.25, -0.2) is 17.2 Å². The van der Waals surface area contributed by atoms with Crippen LogP contribution < -0.4 is 5.32 Å². The minimum Gasteiger partial charge on any atom is -0.310 e. The van der Waals surface area contributed by atoms with Gasteiger partial charge >= 0.3 is 0 Å². The molecule has 7 heteroatoms. The van der Waals surface area contributed by atoms with Gasteiger partial charge in [-0.15, -0.1) is 0 Å². The van der Waals surface area contributed by atoms with Gasteiger partial charge < -0.3 is 5.32 Å². The Morgan fingerprint density at radius 3 is 2.24 bits per heavy atom. The van der Waals surface area contributed by atoms with Gasteiger partial charge in [0.05, 0.1) is 0 Å². The number of rotatable bonds is 6. The first-order valence-electron chi connectivity index (χ1n) is 6.76. The Hall–Kier alpha value is -1.05. The molecule has 1 aromatic rings. The van der Waals surface area contributed by atoms with E-state index in [1.807, 2.05) is 13.8 Å². The molecule has 0 heterocycles. The molecule has 120 valence electrons. The van der Waals surface area contributed by atoms with Crippen molar-refractivity contribution in [2.75, 3.05) is 7.05 Å². The van der Waals surface area contributed by atoms with E-state index in [-0.39, 0.29) is 18.6 Å². The van der Waals surface area contributed by atoms with Gasteiger partial charge in [-0.05, 0) is 31.5 Å². The SMILES string of the molecule is CC(C)NCc1cc(F)c(F)c(S(=O)(=O)N(C)C(C)C)c1. The third-order valence-electron chi connectivity index (χ3n) is 3.15. The molecule has 0 aromatic heterocycles. The summed E-state index contributed by atoms with van der Waals surface area (Å²) >= 11 is 0. The van der Waals surface area contributed by atoms with Crippen LogP contribution in [0, 0.1) is 11.6 Å². The Labute approximate surface area is 125 Å². The first-order valence-corrected chi connectivity index (χ1v) is 8.20. The van der Waals surface area contributed by atoms with Crippen LogP contribution in [-0.2, 0) is 16.6 Å². The third-order valence-corrected chi connectivity index (χ3v) is 5.19. The summed E-state index contributed by atoms with van der Waals surface area (Å²) < 4.78 is 53.3. The summed E-state index contributed by atoms with van der Waals surface area (Å²) in [4.78, 5) is -0.626. The summed E-state index contributed by atoms with van der Waals surface area (Å²) in [5.74, 6) is -2.50. The molecule has 0 unspecified atom stereocenters. The van der Waals surface area contributed by atoms with E-state index in [4.69, 9.17) is 0 Å². The summed E-state index contributed by atoms with van der Waals surface area (Å²) in [5, 5.41) is 3.04. The van der Waals surface area contributed by atoms with Crippen molar-refractivity contribution in [1.29, 1.82) is 0 Å². The quantitative estimate of drug-likeness (QED) is 0.876. The van der Waals surface area contributed by atoms with Gasteiger partial charge in [0.25, 0.3) is 0 Å². The summed E-state index contributed by atoms with van der Waals surface area (Å²) in [5.41, 5.74) is 0.387. The van der Waals surface area contributed by atoms with Gasteiger partial charge in [-0.1, -0.05) is 13.8 Å². The lowest BCUT2D eigenvalue weighted by atomic mass is 10.2. The largest absolute Gasteiger partial charge is 0.310 e. The summed E-state index contributed by atoms with van der Waals surface area (Å²) in [7, 11) is -2.72. The van der Waals surface area contributed by atoms with Crippen LogP contribution >= 0.6 is 0 Å². The van der Waals surface area contributed by atoms with Crippen LogP contribution in [0.1, 0.15) is 33.3 Å². The molecule has 0 aliphatic heterocycles. The fourth-order valence-electron chi connectivity index (χ4n) is 1.66. The van der Waals surface area contributed by atoms with Crippen LogP contribution in [0.4, 0.5) is 8.78 Å². The van der Waals surface area contributed by atoms with Crippen molar-refractivity contribution in [2.24, 2.45) is 0 Å². The maximum atomic E-state index is 13.9. The monoisotopic (exact) mass is 320 g/mol. The molecule has 0 saturated carbocycles. The molecule has 1 rings (SSSR count). The molecule has 1 N–H and O–H groups in total. The van der Waals surface area contributed by atoms with Crippen LogP contribution in [0.5, 0.6) is 0 Å². The number of halogens is 2. The standard InChI is InChI=1S/C14H22F2N2O2S/c1-9(2)17-8-11-6-12(15)14(16)13(7-11)21(19,20)18(5)10(3)4/h6-7,9-10,17H,8H2,1-5H3. The second-order valence-corrected chi connectivity index (χ2v) is 7.51. The molecule has 21 heavy (non-hydrogen) atoms. The molecule has 0 atom stereocenters. The predicted octanol–water partition coefficient (Wildman–Crippen LogP) is 2.49. The van der Waals surface area contributed by atoms with Crippen LogP contribution in [0.25, 0.3) is 0 Å². The van der Waals surface area contributed by atoms with Crippen molar-refractivity contribution in [1.82, 2.24) is 9.62 Å². The number of hydrogen-bond acceptors (Lipinski definition) is 3. The normalized spacial score (nSPS) is 12.7. The third kappa shape index (κ3) is 4.21. The van der Waals surface area contributed by atoms with Crippen LogP contribution in [0.15, 0.2) is 17.0 Å². The highest BCUT2D eigenvalue weighted by molar-refractivity contribution is 7.89. The highest BCUT2D eigenvalue weighted by Crippen LogP contribution is 2.23. The number of benzene rings is 1. The van der Waals surface area contributed by atoms with Gasteiger partial charge in [0.1, 0.15) is 4.90 Å². The maximum absolute atomic E-state index is 13.9. The van der Waals surface area contributed by atoms with Crippen molar-refractivity contribution in [2.45, 2.75) is 51.2 Å². The van der Waals surface area contributed by atoms with E-state index < -0.39 is 26.6 Å². The zero-order valence-electron chi connectivity index (χ0n) is 12.9. The number of nitrogens with one attached hydrogen (secondary N) is 1. The number of nitrogens with zero attached hydrogens (tertiary/aromatic N) is 1. The first kappa shape index (κ1) is 18.0. The van der Waals surface area contributed by atoms with Gasteiger partial charge in [0, 0.05) is 25.7 Å². The van der Waals surface area contributed by atoms with Crippen molar-refractivity contribution < 1.29 is 17.2 Å². The lowest BCUT2D eigenvalue weighted by molar-refractivity contribution is 0.403. The molecule has 0 aliphatic carbocycles. The maximum Gasteiger partial charge on any atom is 0.246 e. The summed E-state index contributed by atoms with van der Waals surface area (Å²) in [6.45, 7) is 7.41. The molecule has 0 aliphatic rings. The van der Waals surface area contributed by atoms with E-state index in [0.29, 0.717) is 5.56 Å². The second kappa shape index (κ2) is 6.81. The minimum absolute atomic E-state index is 0.150. The van der Waals surface area contributed by atoms with Crippen molar-refractivity contribution in [3.63, 3.8) is 0 Å². The fraction of sp³-hybridized carbons (Fsp3) is 0.571. The molecular formula is C14H22F2N2O2S. The topological polar surface area (TPSA) is 49.4 Å². The molecule has 0 amide bonds. The van der Waals surface area contributed by atoms with Crippen LogP contribution in [0.2, 0.25) is 0 Å². The predicted molar refractivity (Wildman–Crippen MR) is 78.4 cm³/mol. The molecular weight excluding hydrogens is 298 g/mol. The molecule has 4 nitrogen and oxygen atoms in total. The van der Waals surface area contributed by atoms with Crippen molar-refractivity contribution in [3.8, 4) is 0 Å². The highest BCUT2D eigenvalue weighted by atomic mass is 32.2. The Morgan fingerprint density at radius 2 is 1.76 bits per heavy atom. The van der Waals surface area contributed by atoms with Gasteiger partial charge in [-0.2, -0.15) is 4.31 Å². The number of sulfonamides is 1. The zero-order chi connectivity index (χ0) is 16.4. The molecule has 0 bridgehead atoms. The van der Waals surface area contributed by atoms with E-state index in [1.54, 1.807) is 13.8 Å². The zero-order valence-corrected chi connectivity index (χ0v) is 13.8. The van der Waals surface area contributed by atoms with Gasteiger partial charge in [0.15, 0.2) is 11.6 Å². The molecule has 0 saturated heterocycles. The Bertz CT molecular complexity index is 601. The first-order chi connectivity index (χ1) is 9.57. The van der Waals surface area contributed by atoms with E-state index in [2.05, 4.69) is 5.32 Å². The van der Waals surface area contributed by atoms with Crippen molar-refractivity contribution in [3.05, 3.63) is 29.3 Å². The van der Waals surface area contributed by atoms with E-state index in [0.717, 1.165) is 10.4 Å². The van der Waals surface area contributed by atoms with E-state index in [1.165, 1.54) is 13.1 Å². The van der Waals surface area contributed by atoms with Crippen LogP contribution in [-0.4, -0.2) is 31.9 Å².